The van der Waals surface area contributed by atoms with Crippen LogP contribution >= 0.6 is 15.9 Å². The van der Waals surface area contributed by atoms with Crippen LogP contribution in [0.1, 0.15) is 36.8 Å². The maximum absolute atomic E-state index is 5.74. The molecule has 3 heterocycles. The monoisotopic (exact) mass is 388 g/mol. The first-order valence-corrected chi connectivity index (χ1v) is 9.41. The molecular weight excluding hydrogens is 368 g/mol. The Hall–Kier alpha value is -1.82. The maximum atomic E-state index is 5.74. The lowest BCUT2D eigenvalue weighted by Gasteiger charge is -2.13. The van der Waals surface area contributed by atoms with E-state index in [4.69, 9.17) is 9.40 Å². The zero-order valence-electron chi connectivity index (χ0n) is 13.8. The zero-order valence-corrected chi connectivity index (χ0v) is 15.4. The van der Waals surface area contributed by atoms with Gasteiger partial charge < -0.3 is 14.3 Å². The lowest BCUT2D eigenvalue weighted by molar-refractivity contribution is 0.516. The molecule has 3 aromatic rings. The van der Waals surface area contributed by atoms with E-state index in [0.29, 0.717) is 6.01 Å². The number of imidazole rings is 1. The van der Waals surface area contributed by atoms with Crippen molar-refractivity contribution >= 4 is 33.0 Å². The van der Waals surface area contributed by atoms with Crippen molar-refractivity contribution in [2.75, 3.05) is 11.9 Å². The van der Waals surface area contributed by atoms with Crippen LogP contribution in [-0.2, 0) is 25.8 Å². The molecule has 1 aliphatic rings. The molecule has 0 saturated heterocycles. The highest BCUT2D eigenvalue weighted by Gasteiger charge is 2.17. The van der Waals surface area contributed by atoms with Crippen molar-refractivity contribution in [2.24, 2.45) is 0 Å². The standard InChI is InChI=1S/C18H21BrN4O/c1-2-20-18-22-13-8-6-12(11-15(13)24-18)7-9-14-17(19)23-10-4-3-5-16(23)21-14/h6,8,11H,2-5,7,9-10H2,1H3,(H,20,22). The number of benzene rings is 1. The van der Waals surface area contributed by atoms with Gasteiger partial charge in [0.1, 0.15) is 15.9 Å². The van der Waals surface area contributed by atoms with Gasteiger partial charge in [0.15, 0.2) is 5.58 Å². The highest BCUT2D eigenvalue weighted by Crippen LogP contribution is 2.26. The third-order valence-corrected chi connectivity index (χ3v) is 5.40. The average molecular weight is 389 g/mol. The molecule has 4 rings (SSSR count). The minimum Gasteiger partial charge on any atom is -0.424 e. The Labute approximate surface area is 149 Å². The molecule has 24 heavy (non-hydrogen) atoms. The molecule has 0 amide bonds. The van der Waals surface area contributed by atoms with E-state index < -0.39 is 0 Å². The number of nitrogens with zero attached hydrogens (tertiary/aromatic N) is 3. The summed E-state index contributed by atoms with van der Waals surface area (Å²) in [4.78, 5) is 9.25. The largest absolute Gasteiger partial charge is 0.424 e. The third kappa shape index (κ3) is 2.95. The van der Waals surface area contributed by atoms with Crippen LogP contribution in [-0.4, -0.2) is 21.1 Å². The van der Waals surface area contributed by atoms with Crippen LogP contribution in [0, 0.1) is 0 Å². The number of aromatic nitrogens is 3. The van der Waals surface area contributed by atoms with Crippen LogP contribution in [0.5, 0.6) is 0 Å². The molecule has 0 radical (unpaired) electrons. The van der Waals surface area contributed by atoms with Gasteiger partial charge in [-0.25, -0.2) is 4.98 Å². The fourth-order valence-corrected chi connectivity index (χ4v) is 3.94. The van der Waals surface area contributed by atoms with Crippen molar-refractivity contribution in [3.8, 4) is 0 Å². The molecule has 1 N–H and O–H groups in total. The maximum Gasteiger partial charge on any atom is 0.295 e. The molecule has 6 heteroatoms. The zero-order chi connectivity index (χ0) is 16.5. The summed E-state index contributed by atoms with van der Waals surface area (Å²) in [6.07, 6.45) is 5.47. The van der Waals surface area contributed by atoms with Gasteiger partial charge in [0, 0.05) is 19.5 Å². The Kier molecular flexibility index (Phi) is 4.31. The fraction of sp³-hybridized carbons (Fsp3) is 0.444. The summed E-state index contributed by atoms with van der Waals surface area (Å²) >= 11 is 3.73. The van der Waals surface area contributed by atoms with Crippen LogP contribution in [0.25, 0.3) is 11.1 Å². The first kappa shape index (κ1) is 15.7. The van der Waals surface area contributed by atoms with Crippen LogP contribution < -0.4 is 5.32 Å². The number of oxazole rings is 1. The third-order valence-electron chi connectivity index (χ3n) is 4.51. The van der Waals surface area contributed by atoms with E-state index in [1.807, 2.05) is 13.0 Å². The highest BCUT2D eigenvalue weighted by atomic mass is 79.9. The highest BCUT2D eigenvalue weighted by molar-refractivity contribution is 9.10. The Morgan fingerprint density at radius 1 is 1.25 bits per heavy atom. The molecule has 1 aromatic carbocycles. The van der Waals surface area contributed by atoms with Gasteiger partial charge in [0.25, 0.3) is 6.01 Å². The summed E-state index contributed by atoms with van der Waals surface area (Å²) < 4.78 is 9.22. The Bertz CT molecular complexity index is 867. The van der Waals surface area contributed by atoms with Crippen LogP contribution in [0.15, 0.2) is 27.2 Å². The number of rotatable bonds is 5. The van der Waals surface area contributed by atoms with Crippen molar-refractivity contribution in [1.29, 1.82) is 0 Å². The second kappa shape index (κ2) is 6.59. The fourth-order valence-electron chi connectivity index (χ4n) is 3.28. The number of nitrogens with one attached hydrogen (secondary N) is 1. The molecular formula is C18H21BrN4O. The predicted octanol–water partition coefficient (Wildman–Crippen LogP) is 4.34. The molecule has 0 aliphatic carbocycles. The summed E-state index contributed by atoms with van der Waals surface area (Å²) in [5.74, 6) is 1.23. The second-order valence-corrected chi connectivity index (χ2v) is 6.98. The van der Waals surface area contributed by atoms with Crippen LogP contribution in [0.4, 0.5) is 6.01 Å². The van der Waals surface area contributed by atoms with Gasteiger partial charge in [0.05, 0.1) is 5.69 Å². The summed E-state index contributed by atoms with van der Waals surface area (Å²) in [5.41, 5.74) is 4.15. The predicted molar refractivity (Wildman–Crippen MR) is 98.4 cm³/mol. The normalized spacial score (nSPS) is 14.1. The molecule has 0 bridgehead atoms. The lowest BCUT2D eigenvalue weighted by Crippen LogP contribution is -2.10. The van der Waals surface area contributed by atoms with Gasteiger partial charge in [-0.15, -0.1) is 0 Å². The smallest absolute Gasteiger partial charge is 0.295 e. The second-order valence-electron chi connectivity index (χ2n) is 6.23. The molecule has 0 unspecified atom stereocenters. The molecule has 0 spiro atoms. The topological polar surface area (TPSA) is 55.9 Å². The Morgan fingerprint density at radius 3 is 3.00 bits per heavy atom. The van der Waals surface area contributed by atoms with E-state index in [0.717, 1.165) is 53.7 Å². The Balaban J connectivity index is 1.51. The number of hydrogen-bond acceptors (Lipinski definition) is 4. The minimum atomic E-state index is 0.592. The van der Waals surface area contributed by atoms with Crippen molar-refractivity contribution in [2.45, 2.75) is 45.6 Å². The first-order chi connectivity index (χ1) is 11.7. The first-order valence-electron chi connectivity index (χ1n) is 8.61. The van der Waals surface area contributed by atoms with E-state index in [-0.39, 0.29) is 0 Å². The average Bonchev–Trinajstić information content (AvgIpc) is 3.14. The number of fused-ring (bicyclic) bond motifs is 2. The van der Waals surface area contributed by atoms with E-state index in [1.54, 1.807) is 0 Å². The van der Waals surface area contributed by atoms with E-state index in [1.165, 1.54) is 24.2 Å². The van der Waals surface area contributed by atoms with Gasteiger partial charge in [-0.05, 0) is 66.2 Å². The number of halogens is 1. The van der Waals surface area contributed by atoms with Gasteiger partial charge >= 0.3 is 0 Å². The van der Waals surface area contributed by atoms with E-state index in [2.05, 4.69) is 42.9 Å². The van der Waals surface area contributed by atoms with Crippen molar-refractivity contribution in [3.05, 3.63) is 39.9 Å². The SMILES string of the molecule is CCNc1nc2ccc(CCc3nc4n(c3Br)CCCC4)cc2o1. The van der Waals surface area contributed by atoms with Gasteiger partial charge in [-0.2, -0.15) is 4.98 Å². The molecule has 1 aliphatic heterocycles. The molecule has 0 saturated carbocycles. The Morgan fingerprint density at radius 2 is 2.17 bits per heavy atom. The van der Waals surface area contributed by atoms with E-state index >= 15 is 0 Å². The lowest BCUT2D eigenvalue weighted by atomic mass is 10.1. The van der Waals surface area contributed by atoms with E-state index in [9.17, 15) is 0 Å². The van der Waals surface area contributed by atoms with Crippen molar-refractivity contribution in [1.82, 2.24) is 14.5 Å². The summed E-state index contributed by atoms with van der Waals surface area (Å²) in [5, 5.41) is 3.11. The number of aryl methyl sites for hydroxylation is 3. The van der Waals surface area contributed by atoms with Crippen LogP contribution in [0.2, 0.25) is 0 Å². The summed E-state index contributed by atoms with van der Waals surface area (Å²) in [6, 6.07) is 6.84. The van der Waals surface area contributed by atoms with Gasteiger partial charge in [0.2, 0.25) is 0 Å². The molecule has 126 valence electrons. The van der Waals surface area contributed by atoms with Gasteiger partial charge in [-0.3, -0.25) is 0 Å². The number of hydrogen-bond donors (Lipinski definition) is 1. The molecule has 0 atom stereocenters. The van der Waals surface area contributed by atoms with Gasteiger partial charge in [-0.1, -0.05) is 6.07 Å². The number of anilines is 1. The molecule has 2 aromatic heterocycles. The summed E-state index contributed by atoms with van der Waals surface area (Å²) in [7, 11) is 0. The van der Waals surface area contributed by atoms with Crippen molar-refractivity contribution < 1.29 is 4.42 Å². The molecule has 0 fully saturated rings. The summed E-state index contributed by atoms with van der Waals surface area (Å²) in [6.45, 7) is 3.92. The van der Waals surface area contributed by atoms with Crippen molar-refractivity contribution in [3.63, 3.8) is 0 Å². The quantitative estimate of drug-likeness (QED) is 0.705. The minimum absolute atomic E-state index is 0.592. The molecule has 5 nitrogen and oxygen atoms in total. The van der Waals surface area contributed by atoms with Crippen LogP contribution in [0.3, 0.4) is 0 Å².